The number of hydrogen-bond donors (Lipinski definition) is 2. The molecule has 1 saturated heterocycles. The number of aromatic nitrogens is 4. The summed E-state index contributed by atoms with van der Waals surface area (Å²) in [5.41, 5.74) is 0.795. The van der Waals surface area contributed by atoms with Crippen LogP contribution in [0.4, 0.5) is 11.8 Å². The molecule has 0 radical (unpaired) electrons. The predicted octanol–water partition coefficient (Wildman–Crippen LogP) is 2.11. The molecule has 0 saturated carbocycles. The molecule has 0 aromatic carbocycles. The lowest BCUT2D eigenvalue weighted by Gasteiger charge is -2.38. The van der Waals surface area contributed by atoms with Gasteiger partial charge in [0.15, 0.2) is 5.65 Å². The highest BCUT2D eigenvalue weighted by atomic mass is 32.2. The van der Waals surface area contributed by atoms with Crippen LogP contribution in [0.2, 0.25) is 0 Å². The van der Waals surface area contributed by atoms with E-state index in [4.69, 9.17) is 4.98 Å². The minimum Gasteiger partial charge on any atom is -0.354 e. The van der Waals surface area contributed by atoms with Crippen molar-refractivity contribution >= 4 is 34.6 Å². The van der Waals surface area contributed by atoms with Gasteiger partial charge in [0, 0.05) is 30.1 Å². The van der Waals surface area contributed by atoms with Crippen molar-refractivity contribution in [1.82, 2.24) is 20.2 Å². The SMILES string of the molecule is CCNc1nc(N2CCSC(C)C2C)c2cn[nH]c2n1. The predicted molar refractivity (Wildman–Crippen MR) is 84.6 cm³/mol. The van der Waals surface area contributed by atoms with Crippen LogP contribution in [-0.2, 0) is 0 Å². The molecule has 3 rings (SSSR count). The largest absolute Gasteiger partial charge is 0.354 e. The fraction of sp³-hybridized carbons (Fsp3) is 0.615. The Bertz CT molecular complexity index is 598. The molecule has 0 aliphatic carbocycles. The second-order valence-electron chi connectivity index (χ2n) is 5.04. The van der Waals surface area contributed by atoms with Crippen LogP contribution < -0.4 is 10.2 Å². The first-order chi connectivity index (χ1) is 9.70. The third-order valence-corrected chi connectivity index (χ3v) is 5.12. The molecule has 2 unspecified atom stereocenters. The van der Waals surface area contributed by atoms with Gasteiger partial charge in [-0.2, -0.15) is 26.8 Å². The van der Waals surface area contributed by atoms with Crippen LogP contribution in [0, 0.1) is 0 Å². The Morgan fingerprint density at radius 3 is 3.10 bits per heavy atom. The molecule has 2 aromatic rings. The van der Waals surface area contributed by atoms with Gasteiger partial charge in [-0.15, -0.1) is 0 Å². The van der Waals surface area contributed by atoms with Crippen molar-refractivity contribution in [2.45, 2.75) is 32.1 Å². The van der Waals surface area contributed by atoms with Gasteiger partial charge in [0.25, 0.3) is 0 Å². The lowest BCUT2D eigenvalue weighted by Crippen LogP contribution is -2.45. The van der Waals surface area contributed by atoms with E-state index in [-0.39, 0.29) is 0 Å². The van der Waals surface area contributed by atoms with Gasteiger partial charge in [-0.25, -0.2) is 0 Å². The van der Waals surface area contributed by atoms with Crippen LogP contribution in [-0.4, -0.2) is 50.3 Å². The molecule has 1 aliphatic rings. The van der Waals surface area contributed by atoms with E-state index in [0.717, 1.165) is 35.7 Å². The number of fused-ring (bicyclic) bond motifs is 1. The van der Waals surface area contributed by atoms with Crippen molar-refractivity contribution in [3.8, 4) is 0 Å². The second kappa shape index (κ2) is 5.47. The van der Waals surface area contributed by atoms with Crippen LogP contribution in [0.5, 0.6) is 0 Å². The molecule has 1 fully saturated rings. The maximum atomic E-state index is 4.71. The lowest BCUT2D eigenvalue weighted by molar-refractivity contribution is 0.622. The van der Waals surface area contributed by atoms with E-state index in [0.29, 0.717) is 17.2 Å². The Hall–Kier alpha value is -1.50. The van der Waals surface area contributed by atoms with Crippen LogP contribution in [0.1, 0.15) is 20.8 Å². The van der Waals surface area contributed by atoms with Crippen LogP contribution in [0.3, 0.4) is 0 Å². The van der Waals surface area contributed by atoms with Crippen molar-refractivity contribution < 1.29 is 0 Å². The fourth-order valence-electron chi connectivity index (χ4n) is 2.51. The molecule has 0 spiro atoms. The number of rotatable bonds is 3. The number of aromatic amines is 1. The lowest BCUT2D eigenvalue weighted by atomic mass is 10.2. The highest BCUT2D eigenvalue weighted by Gasteiger charge is 2.28. The average molecular weight is 292 g/mol. The van der Waals surface area contributed by atoms with Gasteiger partial charge < -0.3 is 10.2 Å². The molecule has 6 nitrogen and oxygen atoms in total. The first-order valence-corrected chi connectivity index (χ1v) is 8.08. The van der Waals surface area contributed by atoms with Crippen LogP contribution >= 0.6 is 11.8 Å². The number of H-pyrrole nitrogens is 1. The van der Waals surface area contributed by atoms with Gasteiger partial charge in [-0.3, -0.25) is 5.10 Å². The number of anilines is 2. The molecule has 108 valence electrons. The van der Waals surface area contributed by atoms with Crippen molar-refractivity contribution in [2.75, 3.05) is 29.1 Å². The Morgan fingerprint density at radius 2 is 2.30 bits per heavy atom. The third-order valence-electron chi connectivity index (χ3n) is 3.78. The monoisotopic (exact) mass is 292 g/mol. The van der Waals surface area contributed by atoms with E-state index in [1.807, 2.05) is 24.9 Å². The van der Waals surface area contributed by atoms with E-state index in [2.05, 4.69) is 39.2 Å². The minimum absolute atomic E-state index is 0.455. The molecule has 2 N–H and O–H groups in total. The topological polar surface area (TPSA) is 69.7 Å². The summed E-state index contributed by atoms with van der Waals surface area (Å²) >= 11 is 2.02. The Morgan fingerprint density at radius 1 is 1.45 bits per heavy atom. The first kappa shape index (κ1) is 13.5. The van der Waals surface area contributed by atoms with E-state index < -0.39 is 0 Å². The molecule has 2 aromatic heterocycles. The maximum Gasteiger partial charge on any atom is 0.226 e. The summed E-state index contributed by atoms with van der Waals surface area (Å²) < 4.78 is 0. The number of thioether (sulfide) groups is 1. The third kappa shape index (κ3) is 2.30. The standard InChI is InChI=1S/C13H20N6S/c1-4-14-13-16-11-10(7-15-18-11)12(17-13)19-5-6-20-9(3)8(19)2/h7-9H,4-6H2,1-3H3,(H2,14,15,16,17,18). The average Bonchev–Trinajstić information content (AvgIpc) is 2.90. The molecule has 0 amide bonds. The molecule has 2 atom stereocenters. The van der Waals surface area contributed by atoms with Gasteiger partial charge in [-0.05, 0) is 13.8 Å². The fourth-order valence-corrected chi connectivity index (χ4v) is 3.61. The van der Waals surface area contributed by atoms with Crippen LogP contribution in [0.15, 0.2) is 6.20 Å². The number of nitrogens with one attached hydrogen (secondary N) is 2. The normalized spacial score (nSPS) is 23.2. The van der Waals surface area contributed by atoms with Crippen molar-refractivity contribution in [1.29, 1.82) is 0 Å². The van der Waals surface area contributed by atoms with Gasteiger partial charge in [0.1, 0.15) is 5.82 Å². The summed E-state index contributed by atoms with van der Waals surface area (Å²) in [4.78, 5) is 11.5. The van der Waals surface area contributed by atoms with Crippen molar-refractivity contribution in [2.24, 2.45) is 0 Å². The first-order valence-electron chi connectivity index (χ1n) is 7.04. The highest BCUT2D eigenvalue weighted by molar-refractivity contribution is 8.00. The van der Waals surface area contributed by atoms with Gasteiger partial charge in [0.05, 0.1) is 11.6 Å². The molecular formula is C13H20N6S. The molecule has 1 aliphatic heterocycles. The van der Waals surface area contributed by atoms with E-state index >= 15 is 0 Å². The summed E-state index contributed by atoms with van der Waals surface area (Å²) in [5, 5.41) is 11.9. The molecule has 3 heterocycles. The summed E-state index contributed by atoms with van der Waals surface area (Å²) in [6.45, 7) is 8.40. The van der Waals surface area contributed by atoms with Crippen molar-refractivity contribution in [3.63, 3.8) is 0 Å². The molecular weight excluding hydrogens is 272 g/mol. The zero-order valence-electron chi connectivity index (χ0n) is 12.1. The Kier molecular flexibility index (Phi) is 3.69. The van der Waals surface area contributed by atoms with E-state index in [1.165, 1.54) is 0 Å². The Labute approximate surface area is 122 Å². The summed E-state index contributed by atoms with van der Waals surface area (Å²) in [6.07, 6.45) is 1.82. The summed E-state index contributed by atoms with van der Waals surface area (Å²) in [5.74, 6) is 2.78. The summed E-state index contributed by atoms with van der Waals surface area (Å²) in [6, 6.07) is 0.455. The van der Waals surface area contributed by atoms with E-state index in [1.54, 1.807) is 0 Å². The zero-order chi connectivity index (χ0) is 14.1. The summed E-state index contributed by atoms with van der Waals surface area (Å²) in [7, 11) is 0. The molecule has 20 heavy (non-hydrogen) atoms. The van der Waals surface area contributed by atoms with Crippen molar-refractivity contribution in [3.05, 3.63) is 6.20 Å². The number of nitrogens with zero attached hydrogens (tertiary/aromatic N) is 4. The zero-order valence-corrected chi connectivity index (χ0v) is 12.9. The van der Waals surface area contributed by atoms with Gasteiger partial charge in [0.2, 0.25) is 5.95 Å². The van der Waals surface area contributed by atoms with E-state index in [9.17, 15) is 0 Å². The maximum absolute atomic E-state index is 4.71. The molecule has 0 bridgehead atoms. The Balaban J connectivity index is 2.06. The van der Waals surface area contributed by atoms with Gasteiger partial charge in [-0.1, -0.05) is 6.92 Å². The van der Waals surface area contributed by atoms with Crippen LogP contribution in [0.25, 0.3) is 11.0 Å². The second-order valence-corrected chi connectivity index (χ2v) is 6.53. The molecule has 7 heteroatoms. The smallest absolute Gasteiger partial charge is 0.226 e. The quantitative estimate of drug-likeness (QED) is 0.903. The highest BCUT2D eigenvalue weighted by Crippen LogP contribution is 2.32. The van der Waals surface area contributed by atoms with Gasteiger partial charge >= 0.3 is 0 Å². The minimum atomic E-state index is 0.455. The number of hydrogen-bond acceptors (Lipinski definition) is 6.